The Labute approximate surface area is 240 Å². The zero-order valence-corrected chi connectivity index (χ0v) is 24.2. The van der Waals surface area contributed by atoms with E-state index in [1.165, 1.54) is 29.7 Å². The average Bonchev–Trinajstić information content (AvgIpc) is 3.83. The van der Waals surface area contributed by atoms with E-state index in [-0.39, 0.29) is 5.82 Å². The SMILES string of the molecule is C=C(/C=C(\CC)N(C(=C)/C(C)=C/C=C\C)c1ccc(CN2CCC(Nc3ccnc(C#N)n3)CC2)cc1)C1CC1. The van der Waals surface area contributed by atoms with Crippen molar-refractivity contribution in [1.29, 1.82) is 5.26 Å². The van der Waals surface area contributed by atoms with Gasteiger partial charge in [0.05, 0.1) is 0 Å². The number of hydrogen-bond acceptors (Lipinski definition) is 6. The lowest BCUT2D eigenvalue weighted by atomic mass is 10.0. The standard InChI is InChI=1S/C34H42N6/c1-6-8-9-25(3)27(5)40(31(7-2)22-26(4)29-12-13-29)32-14-10-28(11-15-32)24-39-20-17-30(18-21-39)37-33-16-19-36-34(23-35)38-33/h6,8-11,14-16,19,22,29-30H,4-5,7,12-13,17-18,20-21,24H2,1-3H3,(H,36,37,38)/b8-6-,25-9+,31-22+. The molecule has 1 aliphatic carbocycles. The Morgan fingerprint density at radius 2 is 1.88 bits per heavy atom. The molecule has 1 aromatic heterocycles. The smallest absolute Gasteiger partial charge is 0.234 e. The summed E-state index contributed by atoms with van der Waals surface area (Å²) in [7, 11) is 0. The Kier molecular flexibility index (Phi) is 10.1. The normalized spacial score (nSPS) is 17.1. The molecule has 2 aromatic rings. The number of rotatable bonds is 12. The maximum atomic E-state index is 9.04. The van der Waals surface area contributed by atoms with Gasteiger partial charge in [0.2, 0.25) is 5.82 Å². The van der Waals surface area contributed by atoms with Crippen molar-refractivity contribution in [2.24, 2.45) is 5.92 Å². The first-order chi connectivity index (χ1) is 19.4. The van der Waals surface area contributed by atoms with E-state index in [1.54, 1.807) is 6.20 Å². The Balaban J connectivity index is 1.42. The van der Waals surface area contributed by atoms with Crippen molar-refractivity contribution in [3.05, 3.63) is 108 Å². The molecule has 0 atom stereocenters. The van der Waals surface area contributed by atoms with Crippen LogP contribution in [0.25, 0.3) is 0 Å². The molecule has 6 heteroatoms. The molecule has 4 rings (SSSR count). The summed E-state index contributed by atoms with van der Waals surface area (Å²) in [4.78, 5) is 13.0. The number of nitrogens with zero attached hydrogens (tertiary/aromatic N) is 5. The van der Waals surface area contributed by atoms with E-state index in [1.807, 2.05) is 25.1 Å². The predicted octanol–water partition coefficient (Wildman–Crippen LogP) is 7.53. The maximum absolute atomic E-state index is 9.04. The fraction of sp³-hybridized carbons (Fsp3) is 0.382. The van der Waals surface area contributed by atoms with Crippen LogP contribution in [0.5, 0.6) is 0 Å². The molecule has 2 heterocycles. The molecule has 0 spiro atoms. The first-order valence-corrected chi connectivity index (χ1v) is 14.4. The lowest BCUT2D eigenvalue weighted by Gasteiger charge is -2.33. The van der Waals surface area contributed by atoms with Gasteiger partial charge in [0.15, 0.2) is 0 Å². The minimum atomic E-state index is 0.200. The second kappa shape index (κ2) is 13.9. The number of aromatic nitrogens is 2. The molecule has 1 saturated carbocycles. The minimum absolute atomic E-state index is 0.200. The van der Waals surface area contributed by atoms with Crippen LogP contribution in [0.3, 0.4) is 0 Å². The fourth-order valence-corrected chi connectivity index (χ4v) is 5.06. The van der Waals surface area contributed by atoms with Gasteiger partial charge in [-0.25, -0.2) is 9.97 Å². The fourth-order valence-electron chi connectivity index (χ4n) is 5.06. The summed E-state index contributed by atoms with van der Waals surface area (Å²) < 4.78 is 0. The molecule has 0 amide bonds. The highest BCUT2D eigenvalue weighted by Gasteiger charge is 2.25. The van der Waals surface area contributed by atoms with Crippen molar-refractivity contribution in [3.8, 4) is 6.07 Å². The van der Waals surface area contributed by atoms with Gasteiger partial charge < -0.3 is 10.2 Å². The molecule has 0 bridgehead atoms. The van der Waals surface area contributed by atoms with E-state index in [2.05, 4.69) is 94.6 Å². The molecule has 6 nitrogen and oxygen atoms in total. The van der Waals surface area contributed by atoms with Crippen LogP contribution >= 0.6 is 0 Å². The first-order valence-electron chi connectivity index (χ1n) is 14.4. The van der Waals surface area contributed by atoms with Gasteiger partial charge in [-0.15, -0.1) is 0 Å². The third-order valence-corrected chi connectivity index (χ3v) is 7.66. The Morgan fingerprint density at radius 3 is 2.50 bits per heavy atom. The molecule has 1 N–H and O–H groups in total. The topological polar surface area (TPSA) is 68.1 Å². The third-order valence-electron chi connectivity index (χ3n) is 7.66. The first kappa shape index (κ1) is 29.0. The average molecular weight is 535 g/mol. The maximum Gasteiger partial charge on any atom is 0.234 e. The van der Waals surface area contributed by atoms with Crippen molar-refractivity contribution < 1.29 is 0 Å². The predicted molar refractivity (Wildman–Crippen MR) is 166 cm³/mol. The van der Waals surface area contributed by atoms with Crippen LogP contribution in [0.2, 0.25) is 0 Å². The summed E-state index contributed by atoms with van der Waals surface area (Å²) in [6.45, 7) is 18.2. The van der Waals surface area contributed by atoms with Crippen LogP contribution in [0.15, 0.2) is 96.5 Å². The number of piperidine rings is 1. The molecule has 1 aromatic carbocycles. The highest BCUT2D eigenvalue weighted by atomic mass is 15.2. The van der Waals surface area contributed by atoms with E-state index >= 15 is 0 Å². The van der Waals surface area contributed by atoms with Crippen molar-refractivity contribution in [1.82, 2.24) is 14.9 Å². The summed E-state index contributed by atoms with van der Waals surface area (Å²) in [5, 5.41) is 12.5. The second-order valence-corrected chi connectivity index (χ2v) is 10.7. The van der Waals surface area contributed by atoms with E-state index in [4.69, 9.17) is 5.26 Å². The van der Waals surface area contributed by atoms with Crippen molar-refractivity contribution in [3.63, 3.8) is 0 Å². The summed E-state index contributed by atoms with van der Waals surface area (Å²) in [6.07, 6.45) is 15.6. The number of nitriles is 1. The molecule has 40 heavy (non-hydrogen) atoms. The van der Waals surface area contributed by atoms with Crippen LogP contribution in [0.4, 0.5) is 11.5 Å². The van der Waals surface area contributed by atoms with Crippen molar-refractivity contribution in [2.45, 2.75) is 65.5 Å². The number of anilines is 2. The summed E-state index contributed by atoms with van der Waals surface area (Å²) >= 11 is 0. The monoisotopic (exact) mass is 534 g/mol. The molecule has 0 unspecified atom stereocenters. The quantitative estimate of drug-likeness (QED) is 0.284. The van der Waals surface area contributed by atoms with E-state index in [9.17, 15) is 0 Å². The Bertz CT molecular complexity index is 1310. The lowest BCUT2D eigenvalue weighted by molar-refractivity contribution is 0.211. The van der Waals surface area contributed by atoms with Crippen molar-refractivity contribution >= 4 is 11.5 Å². The number of hydrogen-bond donors (Lipinski definition) is 1. The van der Waals surface area contributed by atoms with Crippen LogP contribution < -0.4 is 10.2 Å². The molecule has 0 radical (unpaired) electrons. The minimum Gasteiger partial charge on any atom is -0.367 e. The number of allylic oxidation sites excluding steroid dienone is 7. The highest BCUT2D eigenvalue weighted by molar-refractivity contribution is 5.63. The van der Waals surface area contributed by atoms with Crippen LogP contribution in [0, 0.1) is 17.2 Å². The van der Waals surface area contributed by atoms with Gasteiger partial charge >= 0.3 is 0 Å². The molecule has 1 saturated heterocycles. The van der Waals surface area contributed by atoms with Gasteiger partial charge in [-0.3, -0.25) is 4.90 Å². The number of nitrogens with one attached hydrogen (secondary N) is 1. The van der Waals surface area contributed by atoms with Crippen LogP contribution in [-0.4, -0.2) is 34.0 Å². The van der Waals surface area contributed by atoms with Crippen LogP contribution in [-0.2, 0) is 6.54 Å². The lowest BCUT2D eigenvalue weighted by Crippen LogP contribution is -2.38. The summed E-state index contributed by atoms with van der Waals surface area (Å²) in [5.41, 5.74) is 7.01. The molecule has 2 aliphatic rings. The second-order valence-electron chi connectivity index (χ2n) is 10.7. The molecule has 1 aliphatic heterocycles. The van der Waals surface area contributed by atoms with Crippen molar-refractivity contribution in [2.75, 3.05) is 23.3 Å². The molecular formula is C34H42N6. The van der Waals surface area contributed by atoms with Gasteiger partial charge in [0.25, 0.3) is 0 Å². The molecular weight excluding hydrogens is 492 g/mol. The number of likely N-dealkylation sites (tertiary alicyclic amines) is 1. The van der Waals surface area contributed by atoms with E-state index < -0.39 is 0 Å². The van der Waals surface area contributed by atoms with E-state index in [0.717, 1.165) is 61.7 Å². The van der Waals surface area contributed by atoms with Gasteiger partial charge in [-0.05, 0) is 87.3 Å². The summed E-state index contributed by atoms with van der Waals surface area (Å²) in [6, 6.07) is 13.1. The van der Waals surface area contributed by atoms with Gasteiger partial charge in [0, 0.05) is 49.0 Å². The van der Waals surface area contributed by atoms with E-state index in [0.29, 0.717) is 12.0 Å². The largest absolute Gasteiger partial charge is 0.367 e. The molecule has 208 valence electrons. The van der Waals surface area contributed by atoms with Gasteiger partial charge in [-0.1, -0.05) is 56.0 Å². The zero-order valence-electron chi connectivity index (χ0n) is 24.2. The Morgan fingerprint density at radius 1 is 1.15 bits per heavy atom. The zero-order chi connectivity index (χ0) is 28.5. The van der Waals surface area contributed by atoms with Gasteiger partial charge in [-0.2, -0.15) is 5.26 Å². The van der Waals surface area contributed by atoms with Gasteiger partial charge in [0.1, 0.15) is 11.9 Å². The highest BCUT2D eigenvalue weighted by Crippen LogP contribution is 2.38. The summed E-state index contributed by atoms with van der Waals surface area (Å²) in [5.74, 6) is 1.56. The van der Waals surface area contributed by atoms with Crippen LogP contribution in [0.1, 0.15) is 64.3 Å². The third kappa shape index (κ3) is 7.80. The Hall–Kier alpha value is -3.95. The molecule has 2 fully saturated rings. The number of benzene rings is 1.